The molecule has 10 heteroatoms. The molecular formula is C21H27F3N4O3. The van der Waals surface area contributed by atoms with Crippen molar-refractivity contribution in [2.45, 2.75) is 45.5 Å². The zero-order valence-corrected chi connectivity index (χ0v) is 17.7. The number of nitrogens with one attached hydrogen (secondary N) is 1. The number of aliphatic carboxylic acids is 1. The van der Waals surface area contributed by atoms with Gasteiger partial charge in [0.1, 0.15) is 0 Å². The third-order valence-corrected chi connectivity index (χ3v) is 4.75. The maximum absolute atomic E-state index is 12.7. The lowest BCUT2D eigenvalue weighted by Crippen LogP contribution is -2.30. The molecule has 2 N–H and O–H groups in total. The Balaban J connectivity index is 0.000000423. The lowest BCUT2D eigenvalue weighted by Gasteiger charge is -2.24. The second kappa shape index (κ2) is 10.4. The zero-order chi connectivity index (χ0) is 23.2. The molecule has 1 amide bonds. The van der Waals surface area contributed by atoms with E-state index in [2.05, 4.69) is 52.8 Å². The first-order valence-electron chi connectivity index (χ1n) is 9.91. The van der Waals surface area contributed by atoms with Gasteiger partial charge in [-0.3, -0.25) is 4.79 Å². The average Bonchev–Trinajstić information content (AvgIpc) is 3.07. The van der Waals surface area contributed by atoms with E-state index in [1.54, 1.807) is 0 Å². The second-order valence-electron chi connectivity index (χ2n) is 7.57. The smallest absolute Gasteiger partial charge is 0.475 e. The molecule has 2 heterocycles. The van der Waals surface area contributed by atoms with Gasteiger partial charge in [-0.1, -0.05) is 30.3 Å². The molecule has 3 rings (SSSR count). The van der Waals surface area contributed by atoms with Gasteiger partial charge in [0, 0.05) is 37.8 Å². The number of aromatic nitrogens is 2. The minimum absolute atomic E-state index is 0.0725. The van der Waals surface area contributed by atoms with Crippen LogP contribution in [0.25, 0.3) is 0 Å². The number of fused-ring (bicyclic) bond motifs is 1. The molecule has 0 unspecified atom stereocenters. The number of imidazole rings is 1. The Labute approximate surface area is 178 Å². The predicted octanol–water partition coefficient (Wildman–Crippen LogP) is 3.06. The molecule has 0 spiro atoms. The lowest BCUT2D eigenvalue weighted by atomic mass is 10.1. The molecule has 1 aliphatic rings. The van der Waals surface area contributed by atoms with E-state index in [1.807, 2.05) is 18.2 Å². The Bertz CT molecular complexity index is 895. The van der Waals surface area contributed by atoms with Crippen LogP contribution < -0.4 is 5.32 Å². The standard InChI is InChI=1S/C19H26N4O.C2HF3O2/c1-14(2)23-17-10-12-22(3)13-16(17)21-18(23)19(24)20-11-9-15-7-5-4-6-8-15;3-2(4,5)1(6)7/h4-8,14H,9-13H2,1-3H3,(H,20,24);(H,6,7). The number of rotatable bonds is 5. The number of hydrogen-bond donors (Lipinski definition) is 2. The predicted molar refractivity (Wildman–Crippen MR) is 109 cm³/mol. The van der Waals surface area contributed by atoms with Crippen molar-refractivity contribution >= 4 is 11.9 Å². The highest BCUT2D eigenvalue weighted by molar-refractivity contribution is 5.91. The van der Waals surface area contributed by atoms with Crippen molar-refractivity contribution in [3.05, 3.63) is 53.1 Å². The number of carboxylic acid groups (broad SMARTS) is 1. The van der Waals surface area contributed by atoms with Crippen LogP contribution in [0.4, 0.5) is 13.2 Å². The fraction of sp³-hybridized carbons (Fsp3) is 0.476. The number of carbonyl (C=O) groups is 2. The summed E-state index contributed by atoms with van der Waals surface area (Å²) in [7, 11) is 2.09. The van der Waals surface area contributed by atoms with Gasteiger partial charge in [0.05, 0.1) is 5.69 Å². The first-order chi connectivity index (χ1) is 14.5. The van der Waals surface area contributed by atoms with Crippen LogP contribution in [0, 0.1) is 0 Å². The molecule has 1 aliphatic heterocycles. The summed E-state index contributed by atoms with van der Waals surface area (Å²) in [5.41, 5.74) is 3.49. The van der Waals surface area contributed by atoms with Crippen LogP contribution in [-0.2, 0) is 24.2 Å². The van der Waals surface area contributed by atoms with Gasteiger partial charge in [0.25, 0.3) is 5.91 Å². The van der Waals surface area contributed by atoms with Crippen LogP contribution in [0.15, 0.2) is 30.3 Å². The van der Waals surface area contributed by atoms with Gasteiger partial charge >= 0.3 is 12.1 Å². The normalized spacial score (nSPS) is 13.9. The summed E-state index contributed by atoms with van der Waals surface area (Å²) in [5.74, 6) is -2.28. The van der Waals surface area contributed by atoms with E-state index < -0.39 is 12.1 Å². The highest BCUT2D eigenvalue weighted by Crippen LogP contribution is 2.23. The molecule has 31 heavy (non-hydrogen) atoms. The quantitative estimate of drug-likeness (QED) is 0.746. The SMILES string of the molecule is CC(C)n1c(C(=O)NCCc2ccccc2)nc2c1CCN(C)C2.O=C(O)C(F)(F)F. The monoisotopic (exact) mass is 440 g/mol. The number of likely N-dealkylation sites (N-methyl/N-ethyl adjacent to an activating group) is 1. The van der Waals surface area contributed by atoms with E-state index in [9.17, 15) is 18.0 Å². The summed E-state index contributed by atoms with van der Waals surface area (Å²) in [6, 6.07) is 10.4. The summed E-state index contributed by atoms with van der Waals surface area (Å²) in [6.45, 7) is 6.68. The van der Waals surface area contributed by atoms with Crippen molar-refractivity contribution in [1.29, 1.82) is 0 Å². The van der Waals surface area contributed by atoms with E-state index in [0.717, 1.165) is 31.6 Å². The van der Waals surface area contributed by atoms with Crippen LogP contribution in [0.1, 0.15) is 47.5 Å². The van der Waals surface area contributed by atoms with E-state index >= 15 is 0 Å². The molecule has 0 radical (unpaired) electrons. The molecule has 1 aromatic carbocycles. The fourth-order valence-corrected chi connectivity index (χ4v) is 3.30. The van der Waals surface area contributed by atoms with Crippen LogP contribution in [0.5, 0.6) is 0 Å². The number of alkyl halides is 3. The summed E-state index contributed by atoms with van der Waals surface area (Å²) in [4.78, 5) is 28.5. The molecule has 1 aromatic heterocycles. The van der Waals surface area contributed by atoms with Crippen LogP contribution in [-0.4, -0.2) is 57.7 Å². The number of amides is 1. The molecule has 0 saturated heterocycles. The minimum Gasteiger partial charge on any atom is -0.475 e. The van der Waals surface area contributed by atoms with E-state index in [-0.39, 0.29) is 11.9 Å². The van der Waals surface area contributed by atoms with E-state index in [4.69, 9.17) is 9.90 Å². The highest BCUT2D eigenvalue weighted by Gasteiger charge is 2.38. The Hall–Kier alpha value is -2.88. The summed E-state index contributed by atoms with van der Waals surface area (Å²) >= 11 is 0. The maximum Gasteiger partial charge on any atom is 0.490 e. The van der Waals surface area contributed by atoms with Crippen molar-refractivity contribution in [1.82, 2.24) is 19.8 Å². The van der Waals surface area contributed by atoms with Crippen LogP contribution in [0.3, 0.4) is 0 Å². The van der Waals surface area contributed by atoms with Crippen molar-refractivity contribution in [3.63, 3.8) is 0 Å². The average molecular weight is 440 g/mol. The van der Waals surface area contributed by atoms with Gasteiger partial charge in [0.2, 0.25) is 0 Å². The van der Waals surface area contributed by atoms with E-state index in [0.29, 0.717) is 12.4 Å². The molecule has 2 aromatic rings. The number of carbonyl (C=O) groups excluding carboxylic acids is 1. The Morgan fingerprint density at radius 2 is 1.84 bits per heavy atom. The van der Waals surface area contributed by atoms with Gasteiger partial charge in [-0.05, 0) is 32.9 Å². The van der Waals surface area contributed by atoms with Gasteiger partial charge < -0.3 is 19.9 Å². The summed E-state index contributed by atoms with van der Waals surface area (Å²) in [6.07, 6.45) is -3.30. The lowest BCUT2D eigenvalue weighted by molar-refractivity contribution is -0.192. The van der Waals surface area contributed by atoms with Crippen molar-refractivity contribution in [2.75, 3.05) is 20.1 Å². The van der Waals surface area contributed by atoms with Gasteiger partial charge in [0.15, 0.2) is 5.82 Å². The first kappa shape index (κ1) is 24.4. The molecule has 7 nitrogen and oxygen atoms in total. The third kappa shape index (κ3) is 6.81. The van der Waals surface area contributed by atoms with Crippen LogP contribution >= 0.6 is 0 Å². The van der Waals surface area contributed by atoms with E-state index in [1.165, 1.54) is 11.3 Å². The largest absolute Gasteiger partial charge is 0.490 e. The number of hydrogen-bond acceptors (Lipinski definition) is 4. The topological polar surface area (TPSA) is 87.5 Å². The summed E-state index contributed by atoms with van der Waals surface area (Å²) < 4.78 is 33.8. The fourth-order valence-electron chi connectivity index (χ4n) is 3.30. The Morgan fingerprint density at radius 1 is 1.23 bits per heavy atom. The highest BCUT2D eigenvalue weighted by atomic mass is 19.4. The van der Waals surface area contributed by atoms with Crippen molar-refractivity contribution in [2.24, 2.45) is 0 Å². The molecule has 170 valence electrons. The Kier molecular flexibility index (Phi) is 8.21. The van der Waals surface area contributed by atoms with Crippen molar-refractivity contribution in [3.8, 4) is 0 Å². The van der Waals surface area contributed by atoms with Gasteiger partial charge in [-0.25, -0.2) is 9.78 Å². The van der Waals surface area contributed by atoms with Crippen molar-refractivity contribution < 1.29 is 27.9 Å². The first-order valence-corrected chi connectivity index (χ1v) is 9.91. The number of carboxylic acids is 1. The number of nitrogens with zero attached hydrogens (tertiary/aromatic N) is 3. The van der Waals surface area contributed by atoms with Crippen LogP contribution in [0.2, 0.25) is 0 Å². The zero-order valence-electron chi connectivity index (χ0n) is 17.7. The Morgan fingerprint density at radius 3 is 2.39 bits per heavy atom. The molecule has 0 aliphatic carbocycles. The number of benzene rings is 1. The minimum atomic E-state index is -5.08. The molecule has 0 saturated carbocycles. The second-order valence-corrected chi connectivity index (χ2v) is 7.57. The molecule has 0 bridgehead atoms. The van der Waals surface area contributed by atoms with Gasteiger partial charge in [-0.2, -0.15) is 13.2 Å². The van der Waals surface area contributed by atoms with Gasteiger partial charge in [-0.15, -0.1) is 0 Å². The molecule has 0 fully saturated rings. The molecule has 0 atom stereocenters. The third-order valence-electron chi connectivity index (χ3n) is 4.75. The summed E-state index contributed by atoms with van der Waals surface area (Å²) in [5, 5.41) is 10.2. The number of halogens is 3. The molecular weight excluding hydrogens is 413 g/mol. The maximum atomic E-state index is 12.7.